The average molecular weight is 503 g/mol. The molecule has 3 aromatic heterocycles. The molecule has 37 heavy (non-hydrogen) atoms. The van der Waals surface area contributed by atoms with Gasteiger partial charge in [-0.2, -0.15) is 0 Å². The highest BCUT2D eigenvalue weighted by Crippen LogP contribution is 2.34. The van der Waals surface area contributed by atoms with Crippen LogP contribution < -0.4 is 9.80 Å². The SMILES string of the molecule is Cc1cc(N2CCN(C(=O)OC(C)(C)C)CC2)cc(N2CCc3nc(-c4ncccn4)ncc3C2C)n1. The summed E-state index contributed by atoms with van der Waals surface area (Å²) in [4.78, 5) is 41.7. The van der Waals surface area contributed by atoms with E-state index in [4.69, 9.17) is 14.7 Å². The van der Waals surface area contributed by atoms with Crippen LogP contribution in [-0.4, -0.2) is 74.2 Å². The number of fused-ring (bicyclic) bond motifs is 1. The van der Waals surface area contributed by atoms with Crippen molar-refractivity contribution in [2.45, 2.75) is 52.7 Å². The van der Waals surface area contributed by atoms with Gasteiger partial charge in [0, 0.05) is 80.7 Å². The van der Waals surface area contributed by atoms with Gasteiger partial charge in [0.15, 0.2) is 11.6 Å². The van der Waals surface area contributed by atoms with E-state index in [1.54, 1.807) is 23.4 Å². The maximum absolute atomic E-state index is 12.5. The van der Waals surface area contributed by atoms with E-state index in [-0.39, 0.29) is 12.1 Å². The summed E-state index contributed by atoms with van der Waals surface area (Å²) in [5.74, 6) is 2.04. The number of ether oxygens (including phenoxy) is 1. The van der Waals surface area contributed by atoms with Crippen LogP contribution in [0.2, 0.25) is 0 Å². The Hall–Kier alpha value is -3.82. The Labute approximate surface area is 217 Å². The molecule has 3 aromatic rings. The lowest BCUT2D eigenvalue weighted by Gasteiger charge is -2.38. The number of hydrogen-bond donors (Lipinski definition) is 0. The van der Waals surface area contributed by atoms with Crippen LogP contribution in [0.1, 0.15) is 50.7 Å². The molecule has 5 rings (SSSR count). The van der Waals surface area contributed by atoms with Gasteiger partial charge in [0.25, 0.3) is 0 Å². The van der Waals surface area contributed by atoms with E-state index in [2.05, 4.69) is 43.8 Å². The lowest BCUT2D eigenvalue weighted by atomic mass is 9.99. The summed E-state index contributed by atoms with van der Waals surface area (Å²) in [6.07, 6.45) is 5.85. The van der Waals surface area contributed by atoms with Crippen LogP contribution in [0.5, 0.6) is 0 Å². The van der Waals surface area contributed by atoms with Crippen LogP contribution >= 0.6 is 0 Å². The highest BCUT2D eigenvalue weighted by molar-refractivity contribution is 5.69. The van der Waals surface area contributed by atoms with Gasteiger partial charge in [-0.3, -0.25) is 0 Å². The number of anilines is 2. The molecular weight excluding hydrogens is 468 g/mol. The van der Waals surface area contributed by atoms with Crippen molar-refractivity contribution in [1.29, 1.82) is 0 Å². The van der Waals surface area contributed by atoms with Crippen molar-refractivity contribution in [3.05, 3.63) is 53.7 Å². The molecular formula is C27H34N8O2. The second-order valence-electron chi connectivity index (χ2n) is 10.6. The monoisotopic (exact) mass is 502 g/mol. The number of pyridine rings is 1. The lowest BCUT2D eigenvalue weighted by Crippen LogP contribution is -2.50. The van der Waals surface area contributed by atoms with E-state index in [9.17, 15) is 4.79 Å². The predicted octanol–water partition coefficient (Wildman–Crippen LogP) is 3.82. The Balaban J connectivity index is 1.31. The Bertz CT molecular complexity index is 1270. The number of rotatable bonds is 3. The molecule has 10 heteroatoms. The Morgan fingerprint density at radius 1 is 0.973 bits per heavy atom. The standard InChI is InChI=1S/C27H34N8O2/c1-18-15-20(33-11-13-34(14-12-33)26(36)37-27(3,4)5)16-23(31-18)35-10-7-22-21(19(35)2)17-30-25(32-22)24-28-8-6-9-29-24/h6,8-9,15-17,19H,7,10-14H2,1-5H3. The quantitative estimate of drug-likeness (QED) is 0.529. The highest BCUT2D eigenvalue weighted by atomic mass is 16.6. The first-order valence-corrected chi connectivity index (χ1v) is 12.8. The van der Waals surface area contributed by atoms with Gasteiger partial charge < -0.3 is 19.4 Å². The number of hydrogen-bond acceptors (Lipinski definition) is 9. The maximum atomic E-state index is 12.5. The molecule has 0 aliphatic carbocycles. The van der Waals surface area contributed by atoms with Crippen molar-refractivity contribution in [1.82, 2.24) is 29.8 Å². The van der Waals surface area contributed by atoms with Gasteiger partial charge in [-0.05, 0) is 46.8 Å². The minimum atomic E-state index is -0.489. The van der Waals surface area contributed by atoms with Gasteiger partial charge in [-0.1, -0.05) is 0 Å². The topological polar surface area (TPSA) is 100 Å². The van der Waals surface area contributed by atoms with Gasteiger partial charge in [-0.15, -0.1) is 0 Å². The van der Waals surface area contributed by atoms with Gasteiger partial charge in [0.2, 0.25) is 0 Å². The van der Waals surface area contributed by atoms with Gasteiger partial charge in [-0.25, -0.2) is 29.7 Å². The van der Waals surface area contributed by atoms with Crippen LogP contribution in [0.15, 0.2) is 36.8 Å². The predicted molar refractivity (Wildman–Crippen MR) is 142 cm³/mol. The third-order valence-electron chi connectivity index (χ3n) is 6.69. The average Bonchev–Trinajstić information content (AvgIpc) is 2.88. The zero-order valence-corrected chi connectivity index (χ0v) is 22.2. The van der Waals surface area contributed by atoms with Crippen molar-refractivity contribution < 1.29 is 9.53 Å². The van der Waals surface area contributed by atoms with Crippen molar-refractivity contribution >= 4 is 17.6 Å². The molecule has 194 valence electrons. The third-order valence-corrected chi connectivity index (χ3v) is 6.69. The molecule has 1 atom stereocenters. The zero-order valence-electron chi connectivity index (χ0n) is 22.2. The lowest BCUT2D eigenvalue weighted by molar-refractivity contribution is 0.0240. The van der Waals surface area contributed by atoms with Crippen molar-refractivity contribution in [3.8, 4) is 11.6 Å². The normalized spacial score (nSPS) is 18.0. The fraction of sp³-hybridized carbons (Fsp3) is 0.481. The van der Waals surface area contributed by atoms with Crippen LogP contribution in [-0.2, 0) is 11.2 Å². The van der Waals surface area contributed by atoms with Crippen molar-refractivity contribution in [2.75, 3.05) is 42.5 Å². The van der Waals surface area contributed by atoms with E-state index < -0.39 is 5.60 Å². The number of aromatic nitrogens is 5. The first-order valence-electron chi connectivity index (χ1n) is 12.8. The summed E-state index contributed by atoms with van der Waals surface area (Å²) < 4.78 is 5.54. The summed E-state index contributed by atoms with van der Waals surface area (Å²) >= 11 is 0. The van der Waals surface area contributed by atoms with Crippen molar-refractivity contribution in [3.63, 3.8) is 0 Å². The number of carbonyl (C=O) groups is 1. The molecule has 0 bridgehead atoms. The number of carbonyl (C=O) groups excluding carboxylic acids is 1. The molecule has 2 aliphatic heterocycles. The third kappa shape index (κ3) is 5.47. The molecule has 1 amide bonds. The van der Waals surface area contributed by atoms with E-state index in [1.807, 2.05) is 33.9 Å². The van der Waals surface area contributed by atoms with Crippen LogP contribution in [0.4, 0.5) is 16.3 Å². The summed E-state index contributed by atoms with van der Waals surface area (Å²) in [5, 5.41) is 0. The summed E-state index contributed by atoms with van der Waals surface area (Å²) in [6, 6.07) is 6.14. The summed E-state index contributed by atoms with van der Waals surface area (Å²) in [6.45, 7) is 13.4. The number of nitrogens with zero attached hydrogens (tertiary/aromatic N) is 8. The van der Waals surface area contributed by atoms with E-state index in [0.29, 0.717) is 24.7 Å². The fourth-order valence-corrected chi connectivity index (χ4v) is 4.84. The summed E-state index contributed by atoms with van der Waals surface area (Å²) in [7, 11) is 0. The molecule has 1 saturated heterocycles. The highest BCUT2D eigenvalue weighted by Gasteiger charge is 2.29. The second kappa shape index (κ2) is 9.91. The van der Waals surface area contributed by atoms with E-state index >= 15 is 0 Å². The van der Waals surface area contributed by atoms with E-state index in [0.717, 1.165) is 54.5 Å². The number of amides is 1. The molecule has 5 heterocycles. The molecule has 0 spiro atoms. The van der Waals surface area contributed by atoms with E-state index in [1.165, 1.54) is 0 Å². The molecule has 0 aromatic carbocycles. The number of aryl methyl sites for hydroxylation is 1. The Morgan fingerprint density at radius 3 is 2.41 bits per heavy atom. The second-order valence-corrected chi connectivity index (χ2v) is 10.6. The van der Waals surface area contributed by atoms with Crippen LogP contribution in [0.25, 0.3) is 11.6 Å². The fourth-order valence-electron chi connectivity index (χ4n) is 4.84. The minimum Gasteiger partial charge on any atom is -0.444 e. The molecule has 0 radical (unpaired) electrons. The van der Waals surface area contributed by atoms with Gasteiger partial charge in [0.05, 0.1) is 11.7 Å². The molecule has 1 unspecified atom stereocenters. The van der Waals surface area contributed by atoms with Crippen LogP contribution in [0, 0.1) is 6.92 Å². The molecule has 0 saturated carbocycles. The molecule has 10 nitrogen and oxygen atoms in total. The Morgan fingerprint density at radius 2 is 1.70 bits per heavy atom. The van der Waals surface area contributed by atoms with Gasteiger partial charge in [0.1, 0.15) is 11.4 Å². The first kappa shape index (κ1) is 24.9. The van der Waals surface area contributed by atoms with Crippen molar-refractivity contribution in [2.24, 2.45) is 0 Å². The molecule has 2 aliphatic rings. The smallest absolute Gasteiger partial charge is 0.410 e. The minimum absolute atomic E-state index is 0.0839. The first-order chi connectivity index (χ1) is 17.7. The maximum Gasteiger partial charge on any atom is 0.410 e. The zero-order chi connectivity index (χ0) is 26.2. The Kier molecular flexibility index (Phi) is 6.66. The van der Waals surface area contributed by atoms with Gasteiger partial charge >= 0.3 is 6.09 Å². The molecule has 1 fully saturated rings. The van der Waals surface area contributed by atoms with Crippen LogP contribution in [0.3, 0.4) is 0 Å². The molecule has 0 N–H and O–H groups in total. The summed E-state index contributed by atoms with van der Waals surface area (Å²) in [5.41, 5.74) is 3.73. The largest absolute Gasteiger partial charge is 0.444 e. The number of piperazine rings is 1.